The molecule has 0 saturated heterocycles. The van der Waals surface area contributed by atoms with Gasteiger partial charge in [-0.05, 0) is 27.7 Å². The summed E-state index contributed by atoms with van der Waals surface area (Å²) in [4.78, 5) is 16.0. The van der Waals surface area contributed by atoms with Crippen molar-refractivity contribution in [2.24, 2.45) is 5.73 Å². The maximum atomic E-state index is 11.5. The summed E-state index contributed by atoms with van der Waals surface area (Å²) in [6.45, 7) is 8.14. The number of hydrogen-bond donors (Lipinski definition) is 1. The van der Waals surface area contributed by atoms with E-state index in [0.717, 1.165) is 16.9 Å². The lowest BCUT2D eigenvalue weighted by Gasteiger charge is -2.16. The number of aromatic nitrogens is 4. The first kappa shape index (κ1) is 13.9. The summed E-state index contributed by atoms with van der Waals surface area (Å²) in [5.41, 5.74) is 7.83. The molecule has 2 atom stereocenters. The minimum absolute atomic E-state index is 0.307. The lowest BCUT2D eigenvalue weighted by Crippen LogP contribution is -2.26. The highest BCUT2D eigenvalue weighted by atomic mass is 35.5. The fourth-order valence-electron chi connectivity index (χ4n) is 2.22. The molecule has 0 aromatic carbocycles. The average molecular weight is 284 g/mol. The van der Waals surface area contributed by atoms with Crippen LogP contribution in [0.1, 0.15) is 43.7 Å². The van der Waals surface area contributed by atoms with Crippen molar-refractivity contribution >= 4 is 28.7 Å². The van der Waals surface area contributed by atoms with Gasteiger partial charge in [-0.25, -0.2) is 9.67 Å². The Kier molecular flexibility index (Phi) is 3.54. The quantitative estimate of drug-likeness (QED) is 0.871. The lowest BCUT2D eigenvalue weighted by molar-refractivity contribution is -0.120. The number of imidazole rings is 1. The maximum absolute atomic E-state index is 11.5. The second-order valence-corrected chi connectivity index (χ2v) is 5.26. The third kappa shape index (κ3) is 2.10. The topological polar surface area (TPSA) is 78.7 Å². The van der Waals surface area contributed by atoms with Gasteiger partial charge in [-0.15, -0.1) is 11.6 Å². The zero-order valence-corrected chi connectivity index (χ0v) is 12.3. The van der Waals surface area contributed by atoms with Gasteiger partial charge < -0.3 is 5.73 Å². The minimum atomic E-state index is -0.511. The van der Waals surface area contributed by atoms with Crippen molar-refractivity contribution in [1.29, 1.82) is 0 Å². The molecule has 2 aromatic rings. The number of rotatable bonds is 4. The van der Waals surface area contributed by atoms with Crippen LogP contribution < -0.4 is 5.73 Å². The van der Waals surface area contributed by atoms with E-state index in [4.69, 9.17) is 17.3 Å². The van der Waals surface area contributed by atoms with E-state index < -0.39 is 11.9 Å². The first-order chi connectivity index (χ1) is 8.88. The van der Waals surface area contributed by atoms with E-state index in [1.165, 1.54) is 0 Å². The van der Waals surface area contributed by atoms with E-state index >= 15 is 0 Å². The van der Waals surface area contributed by atoms with E-state index in [-0.39, 0.29) is 5.38 Å². The SMILES string of the molecule is CCn1nc(C)c2nc(C(C)Cl)n(C(C)C(N)=O)c21. The summed E-state index contributed by atoms with van der Waals surface area (Å²) in [6.07, 6.45) is 0. The molecule has 0 aliphatic rings. The summed E-state index contributed by atoms with van der Waals surface area (Å²) in [7, 11) is 0. The number of carbonyl (C=O) groups is 1. The molecule has 2 heterocycles. The number of aryl methyl sites for hydroxylation is 2. The Labute approximate surface area is 116 Å². The molecule has 19 heavy (non-hydrogen) atoms. The van der Waals surface area contributed by atoms with Gasteiger partial charge in [-0.1, -0.05) is 0 Å². The fraction of sp³-hybridized carbons (Fsp3) is 0.583. The molecule has 0 saturated carbocycles. The molecular formula is C12H18ClN5O. The third-order valence-corrected chi connectivity index (χ3v) is 3.42. The molecular weight excluding hydrogens is 266 g/mol. The Hall–Kier alpha value is -1.56. The van der Waals surface area contributed by atoms with E-state index in [1.54, 1.807) is 11.5 Å². The monoisotopic (exact) mass is 283 g/mol. The van der Waals surface area contributed by atoms with Crippen LogP contribution in [0.5, 0.6) is 0 Å². The van der Waals surface area contributed by atoms with Crippen molar-refractivity contribution in [3.8, 4) is 0 Å². The van der Waals surface area contributed by atoms with Gasteiger partial charge in [-0.2, -0.15) is 5.10 Å². The summed E-state index contributed by atoms with van der Waals surface area (Å²) in [5.74, 6) is 0.227. The zero-order valence-electron chi connectivity index (χ0n) is 11.5. The molecule has 104 valence electrons. The number of nitrogens with zero attached hydrogens (tertiary/aromatic N) is 4. The van der Waals surface area contributed by atoms with Gasteiger partial charge in [0.25, 0.3) is 0 Å². The Morgan fingerprint density at radius 3 is 2.58 bits per heavy atom. The molecule has 7 heteroatoms. The van der Waals surface area contributed by atoms with Gasteiger partial charge in [0.15, 0.2) is 5.65 Å². The molecule has 6 nitrogen and oxygen atoms in total. The van der Waals surface area contributed by atoms with Crippen LogP contribution >= 0.6 is 11.6 Å². The van der Waals surface area contributed by atoms with Crippen LogP contribution in [0, 0.1) is 6.92 Å². The predicted octanol–water partition coefficient (Wildman–Crippen LogP) is 1.91. The van der Waals surface area contributed by atoms with Crippen molar-refractivity contribution < 1.29 is 4.79 Å². The number of fused-ring (bicyclic) bond motifs is 1. The Bertz CT molecular complexity index is 628. The smallest absolute Gasteiger partial charge is 0.240 e. The number of halogens is 1. The summed E-state index contributed by atoms with van der Waals surface area (Å²) in [5, 5.41) is 4.10. The van der Waals surface area contributed by atoms with E-state index in [2.05, 4.69) is 10.1 Å². The summed E-state index contributed by atoms with van der Waals surface area (Å²) < 4.78 is 3.61. The van der Waals surface area contributed by atoms with Crippen LogP contribution in [0.25, 0.3) is 11.2 Å². The van der Waals surface area contributed by atoms with E-state index in [1.807, 2.05) is 25.5 Å². The van der Waals surface area contributed by atoms with Crippen molar-refractivity contribution in [3.05, 3.63) is 11.5 Å². The van der Waals surface area contributed by atoms with Gasteiger partial charge in [0.2, 0.25) is 5.91 Å². The Balaban J connectivity index is 2.82. The number of primary amides is 1. The highest BCUT2D eigenvalue weighted by Gasteiger charge is 2.26. The van der Waals surface area contributed by atoms with Crippen LogP contribution in [-0.2, 0) is 11.3 Å². The molecule has 0 bridgehead atoms. The van der Waals surface area contributed by atoms with Crippen LogP contribution in [0.2, 0.25) is 0 Å². The van der Waals surface area contributed by atoms with Crippen molar-refractivity contribution in [2.45, 2.75) is 45.7 Å². The molecule has 2 N–H and O–H groups in total. The second-order valence-electron chi connectivity index (χ2n) is 4.61. The van der Waals surface area contributed by atoms with Gasteiger partial charge in [-0.3, -0.25) is 9.36 Å². The molecule has 0 spiro atoms. The Morgan fingerprint density at radius 2 is 2.11 bits per heavy atom. The van der Waals surface area contributed by atoms with Gasteiger partial charge in [0.05, 0.1) is 11.1 Å². The Morgan fingerprint density at radius 1 is 1.47 bits per heavy atom. The van der Waals surface area contributed by atoms with E-state index in [9.17, 15) is 4.79 Å². The second kappa shape index (κ2) is 4.85. The largest absolute Gasteiger partial charge is 0.368 e. The molecule has 1 amide bonds. The standard InChI is InChI=1S/C12H18ClN5O/c1-5-17-12-9(7(3)16-17)15-11(6(2)13)18(12)8(4)10(14)19/h6,8H,5H2,1-4H3,(H2,14,19). The molecule has 2 rings (SSSR count). The molecule has 0 fully saturated rings. The minimum Gasteiger partial charge on any atom is -0.368 e. The van der Waals surface area contributed by atoms with Crippen LogP contribution in [0.4, 0.5) is 0 Å². The molecule has 2 aromatic heterocycles. The van der Waals surface area contributed by atoms with Crippen molar-refractivity contribution in [3.63, 3.8) is 0 Å². The first-order valence-corrected chi connectivity index (χ1v) is 6.70. The molecule has 2 unspecified atom stereocenters. The fourth-order valence-corrected chi connectivity index (χ4v) is 2.37. The normalized spacial score (nSPS) is 14.8. The van der Waals surface area contributed by atoms with Gasteiger partial charge in [0.1, 0.15) is 17.4 Å². The van der Waals surface area contributed by atoms with Gasteiger partial charge >= 0.3 is 0 Å². The average Bonchev–Trinajstić information content (AvgIpc) is 2.86. The number of hydrogen-bond acceptors (Lipinski definition) is 3. The molecule has 0 radical (unpaired) electrons. The highest BCUT2D eigenvalue weighted by Crippen LogP contribution is 2.29. The lowest BCUT2D eigenvalue weighted by atomic mass is 10.3. The van der Waals surface area contributed by atoms with E-state index in [0.29, 0.717) is 12.4 Å². The number of alkyl halides is 1. The number of carbonyl (C=O) groups excluding carboxylic acids is 1. The van der Waals surface area contributed by atoms with Crippen LogP contribution in [-0.4, -0.2) is 25.2 Å². The molecule has 0 aliphatic carbocycles. The summed E-state index contributed by atoms with van der Waals surface area (Å²) >= 11 is 6.17. The third-order valence-electron chi connectivity index (χ3n) is 3.23. The number of amides is 1. The predicted molar refractivity (Wildman–Crippen MR) is 74.1 cm³/mol. The van der Waals surface area contributed by atoms with Crippen LogP contribution in [0.3, 0.4) is 0 Å². The summed E-state index contributed by atoms with van der Waals surface area (Å²) in [6, 6.07) is -0.511. The number of nitrogens with two attached hydrogens (primary N) is 1. The van der Waals surface area contributed by atoms with Crippen molar-refractivity contribution in [1.82, 2.24) is 19.3 Å². The van der Waals surface area contributed by atoms with Crippen molar-refractivity contribution in [2.75, 3.05) is 0 Å². The van der Waals surface area contributed by atoms with Crippen LogP contribution in [0.15, 0.2) is 0 Å². The first-order valence-electron chi connectivity index (χ1n) is 6.27. The molecule has 0 aliphatic heterocycles. The van der Waals surface area contributed by atoms with Gasteiger partial charge in [0, 0.05) is 6.54 Å². The highest BCUT2D eigenvalue weighted by molar-refractivity contribution is 6.20. The zero-order chi connectivity index (χ0) is 14.3. The maximum Gasteiger partial charge on any atom is 0.240 e.